The molecule has 0 radical (unpaired) electrons. The number of benzene rings is 1. The fraction of sp³-hybridized carbons (Fsp3) is 0.250. The SMILES string of the molecule is CN(C)c1ncc(Cn2cc(S(C)(=O)=O)cn2)c2ccccc12. The molecule has 3 rings (SSSR count). The van der Waals surface area contributed by atoms with Crippen LogP contribution in [0.5, 0.6) is 0 Å². The highest BCUT2D eigenvalue weighted by Crippen LogP contribution is 2.26. The van der Waals surface area contributed by atoms with Crippen LogP contribution in [0.25, 0.3) is 10.8 Å². The van der Waals surface area contributed by atoms with E-state index in [-0.39, 0.29) is 4.90 Å². The van der Waals surface area contributed by atoms with Gasteiger partial charge in [0.1, 0.15) is 10.7 Å². The van der Waals surface area contributed by atoms with Crippen LogP contribution in [0.3, 0.4) is 0 Å². The maximum atomic E-state index is 11.6. The van der Waals surface area contributed by atoms with Crippen molar-refractivity contribution in [2.75, 3.05) is 25.3 Å². The Morgan fingerprint density at radius 1 is 1.13 bits per heavy atom. The third kappa shape index (κ3) is 3.05. The molecule has 0 N–H and O–H groups in total. The van der Waals surface area contributed by atoms with Crippen molar-refractivity contribution in [3.8, 4) is 0 Å². The van der Waals surface area contributed by atoms with E-state index in [9.17, 15) is 8.42 Å². The Bertz CT molecular complexity index is 961. The number of sulfone groups is 1. The van der Waals surface area contributed by atoms with Crippen LogP contribution in [0.15, 0.2) is 47.8 Å². The molecule has 0 saturated carbocycles. The first-order valence-corrected chi connectivity index (χ1v) is 9.02. The van der Waals surface area contributed by atoms with E-state index in [1.54, 1.807) is 10.9 Å². The normalized spacial score (nSPS) is 11.8. The molecule has 7 heteroatoms. The fourth-order valence-corrected chi connectivity index (χ4v) is 3.07. The summed E-state index contributed by atoms with van der Waals surface area (Å²) in [7, 11) is 0.677. The van der Waals surface area contributed by atoms with Crippen molar-refractivity contribution >= 4 is 26.4 Å². The van der Waals surface area contributed by atoms with Crippen LogP contribution < -0.4 is 4.90 Å². The van der Waals surface area contributed by atoms with Gasteiger partial charge in [-0.15, -0.1) is 0 Å². The van der Waals surface area contributed by atoms with Gasteiger partial charge < -0.3 is 4.90 Å². The molecule has 1 aromatic carbocycles. The summed E-state index contributed by atoms with van der Waals surface area (Å²) < 4.78 is 24.7. The Morgan fingerprint density at radius 2 is 1.83 bits per heavy atom. The molecule has 0 aliphatic rings. The molecule has 2 aromatic heterocycles. The van der Waals surface area contributed by atoms with Gasteiger partial charge in [-0.3, -0.25) is 4.68 Å². The van der Waals surface area contributed by atoms with Gasteiger partial charge in [-0.05, 0) is 10.9 Å². The number of hydrogen-bond acceptors (Lipinski definition) is 5. The zero-order valence-corrected chi connectivity index (χ0v) is 14.1. The van der Waals surface area contributed by atoms with E-state index in [0.717, 1.165) is 22.2 Å². The van der Waals surface area contributed by atoms with Crippen LogP contribution >= 0.6 is 0 Å². The van der Waals surface area contributed by atoms with E-state index < -0.39 is 9.84 Å². The molecule has 0 aliphatic heterocycles. The van der Waals surface area contributed by atoms with Crippen molar-refractivity contribution in [1.29, 1.82) is 0 Å². The lowest BCUT2D eigenvalue weighted by Crippen LogP contribution is -2.12. The van der Waals surface area contributed by atoms with Gasteiger partial charge in [-0.1, -0.05) is 24.3 Å². The molecule has 3 aromatic rings. The minimum Gasteiger partial charge on any atom is -0.362 e. The average Bonchev–Trinajstić information content (AvgIpc) is 2.96. The van der Waals surface area contributed by atoms with E-state index in [1.165, 1.54) is 12.5 Å². The molecule has 0 aliphatic carbocycles. The third-order valence-corrected chi connectivity index (χ3v) is 4.72. The van der Waals surface area contributed by atoms with E-state index >= 15 is 0 Å². The van der Waals surface area contributed by atoms with Gasteiger partial charge in [0.05, 0.1) is 12.7 Å². The summed E-state index contributed by atoms with van der Waals surface area (Å²) in [6, 6.07) is 8.04. The lowest BCUT2D eigenvalue weighted by molar-refractivity contribution is 0.601. The number of hydrogen-bond donors (Lipinski definition) is 0. The Kier molecular flexibility index (Phi) is 3.81. The summed E-state index contributed by atoms with van der Waals surface area (Å²) in [5.74, 6) is 0.904. The van der Waals surface area contributed by atoms with E-state index in [1.807, 2.05) is 49.5 Å². The van der Waals surface area contributed by atoms with Crippen LogP contribution in [0.1, 0.15) is 5.56 Å². The van der Waals surface area contributed by atoms with Crippen molar-refractivity contribution in [2.24, 2.45) is 0 Å². The minimum atomic E-state index is -3.24. The smallest absolute Gasteiger partial charge is 0.178 e. The van der Waals surface area contributed by atoms with Crippen molar-refractivity contribution in [2.45, 2.75) is 11.4 Å². The highest BCUT2D eigenvalue weighted by Gasteiger charge is 2.12. The Morgan fingerprint density at radius 3 is 2.43 bits per heavy atom. The van der Waals surface area contributed by atoms with Crippen molar-refractivity contribution < 1.29 is 8.42 Å². The zero-order chi connectivity index (χ0) is 16.6. The number of aromatic nitrogens is 3. The standard InChI is InChI=1S/C16H18N4O2S/c1-19(2)16-15-7-5-4-6-14(15)12(8-17-16)10-20-11-13(9-18-20)23(3,21)22/h4-9,11H,10H2,1-3H3. The number of anilines is 1. The van der Waals surface area contributed by atoms with Crippen molar-refractivity contribution in [1.82, 2.24) is 14.8 Å². The molecule has 0 unspecified atom stereocenters. The predicted octanol–water partition coefficient (Wildman–Crippen LogP) is 1.95. The Balaban J connectivity index is 2.04. The molecular weight excluding hydrogens is 312 g/mol. The molecule has 6 nitrogen and oxygen atoms in total. The minimum absolute atomic E-state index is 0.222. The molecular formula is C16H18N4O2S. The second kappa shape index (κ2) is 5.66. The first-order chi connectivity index (χ1) is 10.9. The Labute approximate surface area is 135 Å². The fourth-order valence-electron chi connectivity index (χ4n) is 2.52. The van der Waals surface area contributed by atoms with Gasteiger partial charge >= 0.3 is 0 Å². The Hall–Kier alpha value is -2.41. The number of fused-ring (bicyclic) bond motifs is 1. The van der Waals surface area contributed by atoms with Gasteiger partial charge in [0, 0.05) is 38.1 Å². The quantitative estimate of drug-likeness (QED) is 0.731. The molecule has 2 heterocycles. The maximum absolute atomic E-state index is 11.6. The summed E-state index contributed by atoms with van der Waals surface area (Å²) in [5, 5.41) is 6.29. The lowest BCUT2D eigenvalue weighted by Gasteiger charge is -2.16. The van der Waals surface area contributed by atoms with Gasteiger partial charge in [-0.25, -0.2) is 13.4 Å². The summed E-state index contributed by atoms with van der Waals surface area (Å²) in [6.07, 6.45) is 5.92. The number of rotatable bonds is 4. The highest BCUT2D eigenvalue weighted by molar-refractivity contribution is 7.90. The summed E-state index contributed by atoms with van der Waals surface area (Å²) in [4.78, 5) is 6.72. The van der Waals surface area contributed by atoms with Crippen LogP contribution in [0, 0.1) is 0 Å². The van der Waals surface area contributed by atoms with E-state index in [2.05, 4.69) is 10.1 Å². The topological polar surface area (TPSA) is 68.1 Å². The third-order valence-electron chi connectivity index (χ3n) is 3.65. The summed E-state index contributed by atoms with van der Waals surface area (Å²) >= 11 is 0. The maximum Gasteiger partial charge on any atom is 0.178 e. The van der Waals surface area contributed by atoms with Crippen LogP contribution in [0.2, 0.25) is 0 Å². The lowest BCUT2D eigenvalue weighted by atomic mass is 10.1. The van der Waals surface area contributed by atoms with Gasteiger partial charge in [-0.2, -0.15) is 5.10 Å². The predicted molar refractivity (Wildman–Crippen MR) is 90.5 cm³/mol. The van der Waals surface area contributed by atoms with Crippen LogP contribution in [0.4, 0.5) is 5.82 Å². The second-order valence-electron chi connectivity index (χ2n) is 5.69. The number of nitrogens with zero attached hydrogens (tertiary/aromatic N) is 4. The molecule has 0 bridgehead atoms. The van der Waals surface area contributed by atoms with E-state index in [4.69, 9.17) is 0 Å². The van der Waals surface area contributed by atoms with Gasteiger partial charge in [0.2, 0.25) is 0 Å². The molecule has 23 heavy (non-hydrogen) atoms. The van der Waals surface area contributed by atoms with Crippen LogP contribution in [-0.4, -0.2) is 43.5 Å². The summed E-state index contributed by atoms with van der Waals surface area (Å²) in [6.45, 7) is 0.469. The molecule has 0 spiro atoms. The molecule has 0 fully saturated rings. The zero-order valence-electron chi connectivity index (χ0n) is 13.3. The monoisotopic (exact) mass is 330 g/mol. The first-order valence-electron chi connectivity index (χ1n) is 7.13. The van der Waals surface area contributed by atoms with Crippen LogP contribution in [-0.2, 0) is 16.4 Å². The van der Waals surface area contributed by atoms with E-state index in [0.29, 0.717) is 6.54 Å². The average molecular weight is 330 g/mol. The molecule has 0 amide bonds. The molecule has 0 atom stereocenters. The van der Waals surface area contributed by atoms with Crippen molar-refractivity contribution in [3.63, 3.8) is 0 Å². The van der Waals surface area contributed by atoms with Gasteiger partial charge in [0.15, 0.2) is 9.84 Å². The van der Waals surface area contributed by atoms with Gasteiger partial charge in [0.25, 0.3) is 0 Å². The number of pyridine rings is 1. The molecule has 0 saturated heterocycles. The highest BCUT2D eigenvalue weighted by atomic mass is 32.2. The second-order valence-corrected chi connectivity index (χ2v) is 7.71. The summed E-state index contributed by atoms with van der Waals surface area (Å²) in [5.41, 5.74) is 0.995. The largest absolute Gasteiger partial charge is 0.362 e. The van der Waals surface area contributed by atoms with Crippen molar-refractivity contribution in [3.05, 3.63) is 48.4 Å². The first kappa shape index (κ1) is 15.5. The molecule has 120 valence electrons.